The highest BCUT2D eigenvalue weighted by atomic mass is 35.5. The Kier molecular flexibility index (Phi) is 5.27. The minimum Gasteiger partial charge on any atom is -0.322 e. The molecule has 0 spiro atoms. The zero-order chi connectivity index (χ0) is 18.9. The summed E-state index contributed by atoms with van der Waals surface area (Å²) in [4.78, 5) is 11.8. The smallest absolute Gasteiger partial charge is 0.255 e. The van der Waals surface area contributed by atoms with Crippen LogP contribution in [0.3, 0.4) is 0 Å². The first-order valence-corrected chi connectivity index (χ1v) is 9.67. The van der Waals surface area contributed by atoms with Crippen LogP contribution in [-0.2, 0) is 10.0 Å². The lowest BCUT2D eigenvalue weighted by molar-refractivity contribution is 0.102. The van der Waals surface area contributed by atoms with Gasteiger partial charge in [0.2, 0.25) is 10.0 Å². The van der Waals surface area contributed by atoms with Gasteiger partial charge in [-0.3, -0.25) is 4.79 Å². The number of carbonyl (C=O) groups excluding carboxylic acids is 1. The minimum absolute atomic E-state index is 0.0374. The zero-order valence-corrected chi connectivity index (χ0v) is 15.1. The van der Waals surface area contributed by atoms with E-state index in [2.05, 4.69) is 5.32 Å². The lowest BCUT2D eigenvalue weighted by Crippen LogP contribution is -2.29. The summed E-state index contributed by atoms with van der Waals surface area (Å²) in [6.45, 7) is 0.651. The van der Waals surface area contributed by atoms with Gasteiger partial charge in [-0.1, -0.05) is 11.6 Å². The van der Waals surface area contributed by atoms with Gasteiger partial charge in [-0.2, -0.15) is 4.31 Å². The van der Waals surface area contributed by atoms with Crippen molar-refractivity contribution in [3.05, 3.63) is 58.6 Å². The number of nitrogens with zero attached hydrogens (tertiary/aromatic N) is 1. The summed E-state index contributed by atoms with van der Waals surface area (Å²) in [6, 6.07) is 6.74. The lowest BCUT2D eigenvalue weighted by Gasteiger charge is -2.16. The summed E-state index contributed by atoms with van der Waals surface area (Å²) in [5, 5.41) is 2.31. The van der Waals surface area contributed by atoms with E-state index in [-0.39, 0.29) is 16.3 Å². The third-order valence-electron chi connectivity index (χ3n) is 4.05. The maximum absolute atomic E-state index is 14.1. The van der Waals surface area contributed by atoms with Crippen LogP contribution in [0, 0.1) is 11.6 Å². The number of halogens is 3. The summed E-state index contributed by atoms with van der Waals surface area (Å²) < 4.78 is 53.6. The third kappa shape index (κ3) is 3.72. The fourth-order valence-electron chi connectivity index (χ4n) is 2.69. The number of carbonyl (C=O) groups is 1. The molecule has 2 aromatic rings. The van der Waals surface area contributed by atoms with Crippen molar-refractivity contribution in [1.29, 1.82) is 0 Å². The first-order valence-electron chi connectivity index (χ1n) is 7.85. The molecule has 0 bridgehead atoms. The van der Waals surface area contributed by atoms with E-state index in [0.717, 1.165) is 18.2 Å². The van der Waals surface area contributed by atoms with Gasteiger partial charge in [0.05, 0.1) is 5.02 Å². The third-order valence-corrected chi connectivity index (χ3v) is 6.26. The molecule has 1 saturated heterocycles. The number of hydrogen-bond donors (Lipinski definition) is 1. The predicted molar refractivity (Wildman–Crippen MR) is 93.8 cm³/mol. The van der Waals surface area contributed by atoms with Gasteiger partial charge >= 0.3 is 0 Å². The number of amides is 1. The molecule has 0 radical (unpaired) electrons. The minimum atomic E-state index is -4.00. The van der Waals surface area contributed by atoms with Crippen LogP contribution < -0.4 is 5.32 Å². The van der Waals surface area contributed by atoms with Gasteiger partial charge in [0.15, 0.2) is 0 Å². The van der Waals surface area contributed by atoms with Crippen molar-refractivity contribution in [2.75, 3.05) is 18.4 Å². The first-order chi connectivity index (χ1) is 12.3. The van der Waals surface area contributed by atoms with Gasteiger partial charge in [0.25, 0.3) is 5.91 Å². The number of nitrogens with one attached hydrogen (secondary N) is 1. The molecule has 1 heterocycles. The summed E-state index contributed by atoms with van der Waals surface area (Å²) in [6.07, 6.45) is 1.43. The fourth-order valence-corrected chi connectivity index (χ4v) is 4.47. The first kappa shape index (κ1) is 18.8. The van der Waals surface area contributed by atoms with Crippen molar-refractivity contribution in [3.8, 4) is 0 Å². The largest absolute Gasteiger partial charge is 0.322 e. The summed E-state index contributed by atoms with van der Waals surface area (Å²) in [5.41, 5.74) is 0.194. The Morgan fingerprint density at radius 2 is 1.69 bits per heavy atom. The molecule has 0 aliphatic carbocycles. The van der Waals surface area contributed by atoms with Crippen molar-refractivity contribution in [3.63, 3.8) is 0 Å². The van der Waals surface area contributed by atoms with E-state index in [1.54, 1.807) is 0 Å². The highest BCUT2D eigenvalue weighted by molar-refractivity contribution is 7.89. The van der Waals surface area contributed by atoms with Crippen molar-refractivity contribution in [2.24, 2.45) is 0 Å². The fraction of sp³-hybridized carbons (Fsp3) is 0.235. The molecule has 3 rings (SSSR count). The normalized spacial score (nSPS) is 15.2. The molecule has 5 nitrogen and oxygen atoms in total. The SMILES string of the molecule is O=C(Nc1ccc(F)c(Cl)c1)c1ccc(F)c(S(=O)(=O)N2CCCC2)c1. The van der Waals surface area contributed by atoms with Gasteiger partial charge < -0.3 is 5.32 Å². The second-order valence-electron chi connectivity index (χ2n) is 5.84. The molecule has 0 atom stereocenters. The molecule has 26 heavy (non-hydrogen) atoms. The lowest BCUT2D eigenvalue weighted by atomic mass is 10.2. The van der Waals surface area contributed by atoms with Gasteiger partial charge in [0.1, 0.15) is 16.5 Å². The van der Waals surface area contributed by atoms with Gasteiger partial charge in [-0.15, -0.1) is 0 Å². The Balaban J connectivity index is 1.89. The molecule has 1 aliphatic rings. The van der Waals surface area contributed by atoms with Crippen LogP contribution in [0.1, 0.15) is 23.2 Å². The van der Waals surface area contributed by atoms with E-state index in [0.29, 0.717) is 25.9 Å². The zero-order valence-electron chi connectivity index (χ0n) is 13.5. The molecule has 1 amide bonds. The molecule has 1 N–H and O–H groups in total. The molecule has 2 aromatic carbocycles. The van der Waals surface area contributed by atoms with Crippen molar-refractivity contribution in [2.45, 2.75) is 17.7 Å². The summed E-state index contributed by atoms with van der Waals surface area (Å²) in [7, 11) is -4.00. The Labute approximate surface area is 154 Å². The molecule has 0 unspecified atom stereocenters. The van der Waals surface area contributed by atoms with Gasteiger partial charge in [0, 0.05) is 24.3 Å². The van der Waals surface area contributed by atoms with Crippen LogP contribution in [-0.4, -0.2) is 31.7 Å². The molecule has 0 aromatic heterocycles. The average Bonchev–Trinajstić information content (AvgIpc) is 3.14. The number of hydrogen-bond acceptors (Lipinski definition) is 3. The Morgan fingerprint density at radius 3 is 2.35 bits per heavy atom. The number of sulfonamides is 1. The standard InChI is InChI=1S/C17H15ClF2N2O3S/c18-13-10-12(4-6-14(13)19)21-17(23)11-3-5-15(20)16(9-11)26(24,25)22-7-1-2-8-22/h3-6,9-10H,1-2,7-8H2,(H,21,23). The van der Waals surface area contributed by atoms with Crippen LogP contribution in [0.5, 0.6) is 0 Å². The van der Waals surface area contributed by atoms with Crippen LogP contribution in [0.2, 0.25) is 5.02 Å². The maximum Gasteiger partial charge on any atom is 0.255 e. The Morgan fingerprint density at radius 1 is 1.04 bits per heavy atom. The molecular formula is C17H15ClF2N2O3S. The quantitative estimate of drug-likeness (QED) is 0.851. The van der Waals surface area contributed by atoms with Crippen LogP contribution in [0.4, 0.5) is 14.5 Å². The molecule has 9 heteroatoms. The van der Waals surface area contributed by atoms with Crippen LogP contribution >= 0.6 is 11.6 Å². The second-order valence-corrected chi connectivity index (χ2v) is 8.15. The van der Waals surface area contributed by atoms with E-state index < -0.39 is 32.5 Å². The van der Waals surface area contributed by atoms with E-state index in [1.807, 2.05) is 0 Å². The molecule has 1 fully saturated rings. The topological polar surface area (TPSA) is 66.5 Å². The molecular weight excluding hydrogens is 386 g/mol. The number of anilines is 1. The highest BCUT2D eigenvalue weighted by Gasteiger charge is 2.30. The predicted octanol–water partition coefficient (Wildman–Crippen LogP) is 3.66. The van der Waals surface area contributed by atoms with E-state index in [9.17, 15) is 22.0 Å². The molecule has 138 valence electrons. The maximum atomic E-state index is 14.1. The van der Waals surface area contributed by atoms with Crippen molar-refractivity contribution >= 4 is 33.2 Å². The molecule has 0 saturated carbocycles. The summed E-state index contributed by atoms with van der Waals surface area (Å²) >= 11 is 5.66. The van der Waals surface area contributed by atoms with E-state index >= 15 is 0 Å². The van der Waals surface area contributed by atoms with Gasteiger partial charge in [-0.25, -0.2) is 17.2 Å². The van der Waals surface area contributed by atoms with E-state index in [1.165, 1.54) is 22.5 Å². The van der Waals surface area contributed by atoms with Crippen molar-refractivity contribution < 1.29 is 22.0 Å². The molecule has 1 aliphatic heterocycles. The average molecular weight is 401 g/mol. The van der Waals surface area contributed by atoms with Crippen molar-refractivity contribution in [1.82, 2.24) is 4.31 Å². The monoisotopic (exact) mass is 400 g/mol. The Bertz CT molecular complexity index is 960. The van der Waals surface area contributed by atoms with Crippen LogP contribution in [0.15, 0.2) is 41.3 Å². The number of benzene rings is 2. The number of rotatable bonds is 4. The highest BCUT2D eigenvalue weighted by Crippen LogP contribution is 2.25. The summed E-state index contributed by atoms with van der Waals surface area (Å²) in [5.74, 6) is -2.21. The van der Waals surface area contributed by atoms with Gasteiger partial charge in [-0.05, 0) is 49.2 Å². The Hall–Kier alpha value is -2.03. The van der Waals surface area contributed by atoms with E-state index in [4.69, 9.17) is 11.6 Å². The van der Waals surface area contributed by atoms with Crippen LogP contribution in [0.25, 0.3) is 0 Å². The second kappa shape index (κ2) is 7.30.